The smallest absolute Gasteiger partial charge is 0.332 e. The van der Waals surface area contributed by atoms with Crippen molar-refractivity contribution in [2.75, 3.05) is 14.2 Å². The Kier molecular flexibility index (Phi) is 9.32. The Labute approximate surface area is 175 Å². The minimum atomic E-state index is -0.505. The van der Waals surface area contributed by atoms with E-state index >= 15 is 0 Å². The Bertz CT molecular complexity index is 809. The largest absolute Gasteiger partial charge is 0.466 e. The maximum absolute atomic E-state index is 11.5. The third-order valence-electron chi connectivity index (χ3n) is 3.81. The second kappa shape index (κ2) is 12.5. The third kappa shape index (κ3) is 8.39. The van der Waals surface area contributed by atoms with E-state index in [1.165, 1.54) is 48.8 Å². The summed E-state index contributed by atoms with van der Waals surface area (Å²) in [4.78, 5) is 23.0. The van der Waals surface area contributed by atoms with Gasteiger partial charge in [0.05, 0.1) is 27.3 Å². The third-order valence-corrected chi connectivity index (χ3v) is 3.81. The van der Waals surface area contributed by atoms with Gasteiger partial charge in [-0.1, -0.05) is 60.7 Å². The van der Waals surface area contributed by atoms with Crippen LogP contribution in [-0.2, 0) is 32.2 Å². The van der Waals surface area contributed by atoms with E-state index in [9.17, 15) is 9.59 Å². The summed E-state index contributed by atoms with van der Waals surface area (Å²) in [5.74, 6) is -1.01. The Morgan fingerprint density at radius 1 is 0.733 bits per heavy atom. The Hall–Kier alpha value is -3.94. The van der Waals surface area contributed by atoms with E-state index in [1.807, 2.05) is 60.7 Å². The van der Waals surface area contributed by atoms with Crippen LogP contribution in [-0.4, -0.2) is 36.2 Å². The predicted molar refractivity (Wildman–Crippen MR) is 111 cm³/mol. The lowest BCUT2D eigenvalue weighted by atomic mass is 10.2. The molecule has 0 N–H and O–H groups in total. The van der Waals surface area contributed by atoms with Crippen molar-refractivity contribution in [1.29, 1.82) is 0 Å². The number of rotatable bonds is 10. The molecular weight excluding hydrogens is 384 g/mol. The molecule has 0 amide bonds. The number of benzene rings is 2. The minimum absolute atomic E-state index is 0.387. The van der Waals surface area contributed by atoms with Crippen molar-refractivity contribution in [1.82, 2.24) is 10.0 Å². The molecule has 2 rings (SSSR count). The summed E-state index contributed by atoms with van der Waals surface area (Å²) in [6.07, 6.45) is 5.47. The molecule has 0 aliphatic carbocycles. The number of methoxy groups -OCH3 is 2. The number of hydrogen-bond donors (Lipinski definition) is 0. The fraction of sp³-hybridized carbons (Fsp3) is 0.182. The van der Waals surface area contributed by atoms with Crippen LogP contribution in [0.5, 0.6) is 0 Å². The van der Waals surface area contributed by atoms with Crippen molar-refractivity contribution < 1.29 is 19.1 Å². The van der Waals surface area contributed by atoms with Crippen molar-refractivity contribution in [3.8, 4) is 0 Å². The van der Waals surface area contributed by atoms with Gasteiger partial charge in [0.1, 0.15) is 0 Å². The topological polar surface area (TPSA) is 83.8 Å². The molecule has 156 valence electrons. The first-order chi connectivity index (χ1) is 14.6. The van der Waals surface area contributed by atoms with Crippen LogP contribution in [0.3, 0.4) is 0 Å². The summed E-state index contributed by atoms with van der Waals surface area (Å²) in [6.45, 7) is 0.773. The van der Waals surface area contributed by atoms with Gasteiger partial charge in [0.25, 0.3) is 0 Å². The molecule has 30 heavy (non-hydrogen) atoms. The summed E-state index contributed by atoms with van der Waals surface area (Å²) < 4.78 is 9.27. The SMILES string of the molecule is COC(=O)/C=C\N(Cc1ccccc1)/N=N/N(/C=C\C(=O)OC)Cc1ccccc1. The van der Waals surface area contributed by atoms with Gasteiger partial charge in [0.15, 0.2) is 0 Å². The highest BCUT2D eigenvalue weighted by Gasteiger charge is 2.05. The van der Waals surface area contributed by atoms with E-state index in [0.717, 1.165) is 11.1 Å². The quantitative estimate of drug-likeness (QED) is 0.258. The highest BCUT2D eigenvalue weighted by atomic mass is 16.5. The van der Waals surface area contributed by atoms with Crippen molar-refractivity contribution in [2.24, 2.45) is 10.4 Å². The number of ether oxygens (including phenoxy) is 2. The Morgan fingerprint density at radius 3 is 1.43 bits per heavy atom. The van der Waals surface area contributed by atoms with Crippen LogP contribution in [0.15, 0.2) is 95.7 Å². The summed E-state index contributed by atoms with van der Waals surface area (Å²) >= 11 is 0. The standard InChI is InChI=1S/C22H24N4O4/c1-29-21(27)13-15-25(17-19-9-5-3-6-10-19)23-24-26(16-14-22(28)30-2)18-20-11-7-4-8-12-20/h3-16H,17-18H2,1-2H3/b15-13-,16-14-,24-23+. The van der Waals surface area contributed by atoms with Gasteiger partial charge in [-0.05, 0) is 21.6 Å². The van der Waals surface area contributed by atoms with E-state index in [2.05, 4.69) is 19.9 Å². The maximum atomic E-state index is 11.5. The Morgan fingerprint density at radius 2 is 1.10 bits per heavy atom. The van der Waals surface area contributed by atoms with Crippen molar-refractivity contribution >= 4 is 11.9 Å². The lowest BCUT2D eigenvalue weighted by molar-refractivity contribution is -0.135. The highest BCUT2D eigenvalue weighted by molar-refractivity contribution is 5.81. The van der Waals surface area contributed by atoms with Crippen molar-refractivity contribution in [3.63, 3.8) is 0 Å². The van der Waals surface area contributed by atoms with E-state index in [0.29, 0.717) is 13.1 Å². The van der Waals surface area contributed by atoms with Crippen LogP contribution in [0, 0.1) is 0 Å². The molecule has 0 atom stereocenters. The predicted octanol–water partition coefficient (Wildman–Crippen LogP) is 3.65. The monoisotopic (exact) mass is 408 g/mol. The molecule has 0 aliphatic heterocycles. The molecule has 0 heterocycles. The lowest BCUT2D eigenvalue weighted by Crippen LogP contribution is -2.14. The molecule has 8 nitrogen and oxygen atoms in total. The maximum Gasteiger partial charge on any atom is 0.332 e. The van der Waals surface area contributed by atoms with Gasteiger partial charge < -0.3 is 9.47 Å². The molecule has 0 radical (unpaired) electrons. The number of carbonyl (C=O) groups is 2. The van der Waals surface area contributed by atoms with Crippen LogP contribution in [0.25, 0.3) is 0 Å². The molecule has 0 aliphatic rings. The van der Waals surface area contributed by atoms with Crippen LogP contribution < -0.4 is 0 Å². The second-order valence-electron chi connectivity index (χ2n) is 6.02. The molecule has 2 aromatic carbocycles. The van der Waals surface area contributed by atoms with Gasteiger partial charge in [-0.15, -0.1) is 0 Å². The molecule has 0 bridgehead atoms. The minimum Gasteiger partial charge on any atom is -0.466 e. The fourth-order valence-corrected chi connectivity index (χ4v) is 2.30. The first kappa shape index (κ1) is 22.4. The summed E-state index contributed by atoms with van der Waals surface area (Å²) in [6, 6.07) is 19.2. The highest BCUT2D eigenvalue weighted by Crippen LogP contribution is 2.10. The van der Waals surface area contributed by atoms with Gasteiger partial charge in [-0.25, -0.2) is 19.6 Å². The first-order valence-electron chi connectivity index (χ1n) is 9.15. The van der Waals surface area contributed by atoms with Crippen molar-refractivity contribution in [2.45, 2.75) is 13.1 Å². The van der Waals surface area contributed by atoms with Gasteiger partial charge in [-0.3, -0.25) is 0 Å². The molecule has 0 spiro atoms. The number of hydrogen-bond acceptors (Lipinski definition) is 6. The molecule has 0 saturated heterocycles. The summed E-state index contributed by atoms with van der Waals surface area (Å²) in [5.41, 5.74) is 1.95. The zero-order valence-corrected chi connectivity index (χ0v) is 16.9. The van der Waals surface area contributed by atoms with Crippen LogP contribution >= 0.6 is 0 Å². The molecule has 8 heteroatoms. The molecule has 0 aromatic heterocycles. The molecular formula is C22H24N4O4. The number of nitrogens with zero attached hydrogens (tertiary/aromatic N) is 4. The Balaban J connectivity index is 2.21. The molecule has 0 fully saturated rings. The lowest BCUT2D eigenvalue weighted by Gasteiger charge is -2.16. The van der Waals surface area contributed by atoms with Crippen LogP contribution in [0.1, 0.15) is 11.1 Å². The molecule has 0 unspecified atom stereocenters. The molecule has 0 saturated carbocycles. The van der Waals surface area contributed by atoms with E-state index in [-0.39, 0.29) is 0 Å². The van der Waals surface area contributed by atoms with Crippen LogP contribution in [0.2, 0.25) is 0 Å². The number of esters is 2. The zero-order chi connectivity index (χ0) is 21.6. The summed E-state index contributed by atoms with van der Waals surface area (Å²) in [7, 11) is 2.60. The van der Waals surface area contributed by atoms with Gasteiger partial charge in [0.2, 0.25) is 0 Å². The normalized spacial score (nSPS) is 11.1. The van der Waals surface area contributed by atoms with E-state index < -0.39 is 11.9 Å². The number of carbonyl (C=O) groups excluding carboxylic acids is 2. The first-order valence-corrected chi connectivity index (χ1v) is 9.15. The van der Waals surface area contributed by atoms with Gasteiger partial charge in [-0.2, -0.15) is 0 Å². The zero-order valence-electron chi connectivity index (χ0n) is 16.9. The second-order valence-corrected chi connectivity index (χ2v) is 6.02. The van der Waals surface area contributed by atoms with Crippen LogP contribution in [0.4, 0.5) is 0 Å². The van der Waals surface area contributed by atoms with E-state index in [4.69, 9.17) is 0 Å². The molecule has 2 aromatic rings. The van der Waals surface area contributed by atoms with Crippen molar-refractivity contribution in [3.05, 3.63) is 96.3 Å². The summed E-state index contributed by atoms with van der Waals surface area (Å²) in [5, 5.41) is 11.4. The van der Waals surface area contributed by atoms with Gasteiger partial charge >= 0.3 is 11.9 Å². The average Bonchev–Trinajstić information content (AvgIpc) is 2.79. The van der Waals surface area contributed by atoms with Gasteiger partial charge in [0, 0.05) is 24.6 Å². The van der Waals surface area contributed by atoms with E-state index in [1.54, 1.807) is 0 Å². The average molecular weight is 408 g/mol. The fourth-order valence-electron chi connectivity index (χ4n) is 2.30.